The van der Waals surface area contributed by atoms with E-state index in [0.717, 1.165) is 36.4 Å². The van der Waals surface area contributed by atoms with Crippen LogP contribution in [0.25, 0.3) is 89.7 Å². The number of pyridine rings is 1. The second kappa shape index (κ2) is 17.2. The second-order valence-electron chi connectivity index (χ2n) is 13.3. The predicted octanol–water partition coefficient (Wildman–Crippen LogP) is -4.61. The van der Waals surface area contributed by atoms with Crippen molar-refractivity contribution >= 4 is 74.5 Å². The number of fused-ring (bicyclic) bond motifs is 20. The SMILES string of the molecule is O=S(=O)([O-])c1ccc2c(c1)-c1nc-2nc2[nH]c(nc3nc(nc4[nH]c(n1)c1ccc(C#Cc5ccccn5)cc41)-c1ccc(S(=O)(=O)[O-])cc1-3)c1ccc(S(=O)(=O)[O-])cc21.[Na+].[Na+].[Na+]. The van der Waals surface area contributed by atoms with E-state index >= 15 is 0 Å². The minimum atomic E-state index is -4.97. The van der Waals surface area contributed by atoms with E-state index in [-0.39, 0.29) is 168 Å². The van der Waals surface area contributed by atoms with E-state index in [9.17, 15) is 38.9 Å². The molecular weight excluding hydrogens is 904 g/mol. The van der Waals surface area contributed by atoms with Crippen molar-refractivity contribution in [1.29, 1.82) is 0 Å². The molecule has 294 valence electrons. The molecule has 10 rings (SSSR count). The van der Waals surface area contributed by atoms with E-state index in [1.807, 2.05) is 0 Å². The van der Waals surface area contributed by atoms with E-state index < -0.39 is 45.0 Å². The van der Waals surface area contributed by atoms with Gasteiger partial charge in [-0.25, -0.2) is 60.1 Å². The first kappa shape index (κ1) is 46.7. The van der Waals surface area contributed by atoms with Crippen LogP contribution in [0.15, 0.2) is 112 Å². The van der Waals surface area contributed by atoms with E-state index in [1.165, 1.54) is 18.2 Å². The third kappa shape index (κ3) is 8.78. The topological polar surface area (TPSA) is 293 Å². The van der Waals surface area contributed by atoms with Crippen LogP contribution in [-0.4, -0.2) is 83.8 Å². The van der Waals surface area contributed by atoms with E-state index in [2.05, 4.69) is 46.7 Å². The zero-order valence-electron chi connectivity index (χ0n) is 32.8. The fraction of sp³-hybridized carbons (Fsp3) is 0. The first-order valence-electron chi connectivity index (χ1n) is 17.3. The number of aromatic nitrogens is 9. The third-order valence-electron chi connectivity index (χ3n) is 9.61. The van der Waals surface area contributed by atoms with Gasteiger partial charge in [-0.2, -0.15) is 0 Å². The standard InChI is InChI=1S/C39H21N9O9S3.3Na/c49-58(50,51)21-7-11-25-29(16-21)38-44-33(25)42-36-28-15-19(4-6-20-3-1-2-14-40-20)5-10-24(28)32(41-36)43-37-30-17-22(59(52,53)54)8-12-26(30)34(45-37)47-39-31-18-23(60(55,56)57)9-13-27(31)35(46-38)48-39;;;/h1-3,5,7-18H,(H,49,50,51)(H,52,53,54)(H,55,56,57)(H2,41,42,43,44,45,46,47,48);;;/q;3*+1/p-3. The normalized spacial score (nSPS) is 11.9. The minimum absolute atomic E-state index is 0. The Morgan fingerprint density at radius 1 is 0.429 bits per heavy atom. The molecule has 24 heteroatoms. The molecule has 8 aromatic rings. The van der Waals surface area contributed by atoms with Gasteiger partial charge in [-0.3, -0.25) is 0 Å². The van der Waals surface area contributed by atoms with Crippen molar-refractivity contribution in [1.82, 2.24) is 44.9 Å². The van der Waals surface area contributed by atoms with Gasteiger partial charge in [0.25, 0.3) is 0 Å². The van der Waals surface area contributed by atoms with Crippen LogP contribution in [0.1, 0.15) is 11.3 Å². The largest absolute Gasteiger partial charge is 1.00 e. The molecular formula is C39H18N9Na3O9S3. The number of H-pyrrole nitrogens is 2. The van der Waals surface area contributed by atoms with Gasteiger partial charge in [-0.05, 0) is 90.8 Å². The first-order chi connectivity index (χ1) is 28.6. The van der Waals surface area contributed by atoms with Crippen molar-refractivity contribution in [2.24, 2.45) is 0 Å². The average molecular weight is 922 g/mol. The third-order valence-corrected chi connectivity index (χ3v) is 12.1. The molecule has 4 aromatic heterocycles. The Morgan fingerprint density at radius 3 is 1.33 bits per heavy atom. The summed E-state index contributed by atoms with van der Waals surface area (Å²) in [5, 5.41) is 1.32. The van der Waals surface area contributed by atoms with Crippen molar-refractivity contribution in [3.63, 3.8) is 0 Å². The van der Waals surface area contributed by atoms with Crippen LogP contribution in [0.4, 0.5) is 0 Å². The van der Waals surface area contributed by atoms with Crippen LogP contribution < -0.4 is 88.7 Å². The molecule has 0 saturated carbocycles. The van der Waals surface area contributed by atoms with Gasteiger partial charge < -0.3 is 23.6 Å². The van der Waals surface area contributed by atoms with E-state index in [4.69, 9.17) is 9.97 Å². The fourth-order valence-corrected chi connectivity index (χ4v) is 8.34. The average Bonchev–Trinajstić information content (AvgIpc) is 3.94. The van der Waals surface area contributed by atoms with Crippen LogP contribution in [0.5, 0.6) is 0 Å². The Hall–Kier alpha value is -4.32. The quantitative estimate of drug-likeness (QED) is 0.0958. The van der Waals surface area contributed by atoms with Crippen molar-refractivity contribution < 1.29 is 128 Å². The molecule has 4 aromatic carbocycles. The number of hydrogen-bond acceptors (Lipinski definition) is 16. The van der Waals surface area contributed by atoms with Crippen LogP contribution in [-0.2, 0) is 30.4 Å². The summed E-state index contributed by atoms with van der Waals surface area (Å²) in [6.07, 6.45) is 1.61. The number of nitrogens with zero attached hydrogens (tertiary/aromatic N) is 7. The summed E-state index contributed by atoms with van der Waals surface area (Å²) in [5.41, 5.74) is 2.22. The maximum absolute atomic E-state index is 12.2. The van der Waals surface area contributed by atoms with Crippen molar-refractivity contribution in [3.8, 4) is 57.4 Å². The molecule has 2 aliphatic heterocycles. The molecule has 0 spiro atoms. The summed E-state index contributed by atoms with van der Waals surface area (Å²) in [7, 11) is -14.9. The maximum atomic E-state index is 12.2. The number of nitrogens with one attached hydrogen (secondary N) is 2. The fourth-order valence-electron chi connectivity index (χ4n) is 6.85. The van der Waals surface area contributed by atoms with Crippen LogP contribution in [0, 0.1) is 11.8 Å². The van der Waals surface area contributed by atoms with E-state index in [1.54, 1.807) is 42.6 Å². The van der Waals surface area contributed by atoms with Gasteiger partial charge in [0.2, 0.25) is 0 Å². The minimum Gasteiger partial charge on any atom is -0.744 e. The van der Waals surface area contributed by atoms with Gasteiger partial charge >= 0.3 is 88.7 Å². The Bertz CT molecular complexity index is 3810. The first-order valence-corrected chi connectivity index (χ1v) is 21.5. The molecule has 0 amide bonds. The van der Waals surface area contributed by atoms with Gasteiger partial charge in [0.15, 0.2) is 23.3 Å². The summed E-state index contributed by atoms with van der Waals surface area (Å²) in [4.78, 5) is 37.0. The zero-order chi connectivity index (χ0) is 41.7. The number of rotatable bonds is 3. The van der Waals surface area contributed by atoms with Crippen molar-refractivity contribution in [2.75, 3.05) is 0 Å². The summed E-state index contributed by atoms with van der Waals surface area (Å²) >= 11 is 0. The molecule has 63 heavy (non-hydrogen) atoms. The van der Waals surface area contributed by atoms with E-state index in [0.29, 0.717) is 22.0 Å². The Kier molecular flexibility index (Phi) is 12.8. The number of hydrogen-bond donors (Lipinski definition) is 2. The molecule has 0 aliphatic carbocycles. The van der Waals surface area contributed by atoms with Crippen LogP contribution in [0.3, 0.4) is 0 Å². The number of aromatic amines is 2. The van der Waals surface area contributed by atoms with Crippen molar-refractivity contribution in [2.45, 2.75) is 14.7 Å². The van der Waals surface area contributed by atoms with Crippen LogP contribution >= 0.6 is 0 Å². The maximum Gasteiger partial charge on any atom is 1.00 e. The monoisotopic (exact) mass is 921 g/mol. The molecule has 2 N–H and O–H groups in total. The smallest absolute Gasteiger partial charge is 0.744 e. The molecule has 18 nitrogen and oxygen atoms in total. The second-order valence-corrected chi connectivity index (χ2v) is 17.5. The van der Waals surface area contributed by atoms with Gasteiger partial charge in [0.1, 0.15) is 58.6 Å². The van der Waals surface area contributed by atoms with Crippen molar-refractivity contribution in [3.05, 3.63) is 108 Å². The molecule has 2 aliphatic rings. The van der Waals surface area contributed by atoms with Gasteiger partial charge in [0.05, 0.1) is 14.7 Å². The molecule has 0 radical (unpaired) electrons. The summed E-state index contributed by atoms with van der Waals surface area (Å²) in [6, 6.07) is 21.1. The van der Waals surface area contributed by atoms with Gasteiger partial charge in [0, 0.05) is 55.6 Å². The molecule has 8 bridgehead atoms. The summed E-state index contributed by atoms with van der Waals surface area (Å²) < 4.78 is 109. The Balaban J connectivity index is 0.00000198. The molecule has 0 saturated heterocycles. The molecule has 0 atom stereocenters. The molecule has 0 fully saturated rings. The van der Waals surface area contributed by atoms with Crippen LogP contribution in [0.2, 0.25) is 0 Å². The zero-order valence-corrected chi connectivity index (χ0v) is 41.2. The summed E-state index contributed by atoms with van der Waals surface area (Å²) in [6.45, 7) is 0. The Labute approximate surface area is 422 Å². The molecule has 6 heterocycles. The number of benzene rings is 4. The summed E-state index contributed by atoms with van der Waals surface area (Å²) in [5.74, 6) is 5.92. The predicted molar refractivity (Wildman–Crippen MR) is 210 cm³/mol. The van der Waals surface area contributed by atoms with Gasteiger partial charge in [-0.15, -0.1) is 0 Å². The van der Waals surface area contributed by atoms with Gasteiger partial charge in [-0.1, -0.05) is 12.0 Å². The molecule has 0 unspecified atom stereocenters. The Morgan fingerprint density at radius 2 is 0.857 bits per heavy atom.